The maximum atomic E-state index is 6.30. The summed E-state index contributed by atoms with van der Waals surface area (Å²) in [5.41, 5.74) is 6.24. The van der Waals surface area contributed by atoms with Gasteiger partial charge >= 0.3 is 0 Å². The molecule has 0 aromatic carbocycles. The third-order valence-electron chi connectivity index (χ3n) is 3.16. The van der Waals surface area contributed by atoms with E-state index in [9.17, 15) is 0 Å². The van der Waals surface area contributed by atoms with Gasteiger partial charge in [0.1, 0.15) is 0 Å². The number of hydrogen-bond acceptors (Lipinski definition) is 3. The first kappa shape index (κ1) is 12.6. The molecule has 4 heteroatoms. The monoisotopic (exact) mass is 303 g/mol. The molecule has 1 aliphatic rings. The lowest BCUT2D eigenvalue weighted by Gasteiger charge is -2.32. The van der Waals surface area contributed by atoms with Gasteiger partial charge in [0.25, 0.3) is 0 Å². The van der Waals surface area contributed by atoms with E-state index in [1.165, 1.54) is 24.1 Å². The minimum absolute atomic E-state index is 0.0675. The molecule has 1 aliphatic carbocycles. The molecular formula is C12H18BrNOS. The van der Waals surface area contributed by atoms with Crippen molar-refractivity contribution in [1.29, 1.82) is 0 Å². The van der Waals surface area contributed by atoms with Gasteiger partial charge in [-0.3, -0.25) is 0 Å². The average molecular weight is 304 g/mol. The molecule has 0 atom stereocenters. The summed E-state index contributed by atoms with van der Waals surface area (Å²) in [4.78, 5) is 1.25. The van der Waals surface area contributed by atoms with Crippen molar-refractivity contribution in [2.24, 2.45) is 5.73 Å². The molecule has 1 fully saturated rings. The SMILES string of the molecule is NC1(COCc2sccc2Br)CCCCC1. The molecular weight excluding hydrogens is 286 g/mol. The van der Waals surface area contributed by atoms with Crippen molar-refractivity contribution in [3.05, 3.63) is 20.8 Å². The van der Waals surface area contributed by atoms with Crippen LogP contribution in [0.3, 0.4) is 0 Å². The molecule has 90 valence electrons. The van der Waals surface area contributed by atoms with Gasteiger partial charge in [-0.1, -0.05) is 19.3 Å². The smallest absolute Gasteiger partial charge is 0.0821 e. The molecule has 0 aliphatic heterocycles. The van der Waals surface area contributed by atoms with Crippen LogP contribution in [0.25, 0.3) is 0 Å². The predicted octanol–water partition coefficient (Wildman–Crippen LogP) is 3.69. The van der Waals surface area contributed by atoms with E-state index in [-0.39, 0.29) is 5.54 Å². The maximum Gasteiger partial charge on any atom is 0.0821 e. The lowest BCUT2D eigenvalue weighted by atomic mass is 9.83. The van der Waals surface area contributed by atoms with Crippen LogP contribution in [0.15, 0.2) is 15.9 Å². The summed E-state index contributed by atoms with van der Waals surface area (Å²) >= 11 is 5.23. The van der Waals surface area contributed by atoms with Crippen molar-refractivity contribution >= 4 is 27.3 Å². The molecule has 1 aromatic heterocycles. The Bertz CT molecular complexity index is 334. The molecule has 2 rings (SSSR count). The van der Waals surface area contributed by atoms with E-state index in [4.69, 9.17) is 10.5 Å². The Balaban J connectivity index is 1.77. The largest absolute Gasteiger partial charge is 0.374 e. The lowest BCUT2D eigenvalue weighted by Crippen LogP contribution is -2.46. The van der Waals surface area contributed by atoms with Crippen LogP contribution in [0.4, 0.5) is 0 Å². The van der Waals surface area contributed by atoms with E-state index < -0.39 is 0 Å². The molecule has 0 saturated heterocycles. The van der Waals surface area contributed by atoms with Gasteiger partial charge in [-0.15, -0.1) is 11.3 Å². The minimum atomic E-state index is -0.0675. The van der Waals surface area contributed by atoms with E-state index in [1.807, 2.05) is 0 Å². The summed E-state index contributed by atoms with van der Waals surface area (Å²) in [5.74, 6) is 0. The first-order valence-electron chi connectivity index (χ1n) is 5.78. The number of thiophene rings is 1. The quantitative estimate of drug-likeness (QED) is 0.921. The zero-order chi connectivity index (χ0) is 11.4. The Morgan fingerprint density at radius 2 is 2.12 bits per heavy atom. The molecule has 1 saturated carbocycles. The second-order valence-corrected chi connectivity index (χ2v) is 6.46. The van der Waals surface area contributed by atoms with E-state index in [0.29, 0.717) is 13.2 Å². The second-order valence-electron chi connectivity index (χ2n) is 4.61. The number of hydrogen-bond donors (Lipinski definition) is 1. The van der Waals surface area contributed by atoms with Gasteiger partial charge in [-0.25, -0.2) is 0 Å². The highest BCUT2D eigenvalue weighted by atomic mass is 79.9. The Hall–Kier alpha value is 0.100. The molecule has 0 spiro atoms. The van der Waals surface area contributed by atoms with Crippen LogP contribution in [0.5, 0.6) is 0 Å². The molecule has 16 heavy (non-hydrogen) atoms. The van der Waals surface area contributed by atoms with Crippen molar-refractivity contribution in [3.8, 4) is 0 Å². The maximum absolute atomic E-state index is 6.30. The van der Waals surface area contributed by atoms with Gasteiger partial charge in [0, 0.05) is 14.9 Å². The van der Waals surface area contributed by atoms with Gasteiger partial charge in [0.2, 0.25) is 0 Å². The predicted molar refractivity (Wildman–Crippen MR) is 71.7 cm³/mol. The van der Waals surface area contributed by atoms with Crippen molar-refractivity contribution in [2.45, 2.75) is 44.2 Å². The van der Waals surface area contributed by atoms with E-state index in [1.54, 1.807) is 11.3 Å². The van der Waals surface area contributed by atoms with Crippen molar-refractivity contribution in [1.82, 2.24) is 0 Å². The fourth-order valence-electron chi connectivity index (χ4n) is 2.18. The highest BCUT2D eigenvalue weighted by molar-refractivity contribution is 9.10. The summed E-state index contributed by atoms with van der Waals surface area (Å²) in [7, 11) is 0. The van der Waals surface area contributed by atoms with Gasteiger partial charge in [-0.05, 0) is 40.2 Å². The lowest BCUT2D eigenvalue weighted by molar-refractivity contribution is 0.0586. The van der Waals surface area contributed by atoms with Crippen LogP contribution in [0.1, 0.15) is 37.0 Å². The second kappa shape index (κ2) is 5.63. The van der Waals surface area contributed by atoms with Crippen LogP contribution < -0.4 is 5.73 Å². The van der Waals surface area contributed by atoms with Gasteiger partial charge in [0.15, 0.2) is 0 Å². The Morgan fingerprint density at radius 3 is 2.75 bits per heavy atom. The number of halogens is 1. The Kier molecular flexibility index (Phi) is 4.41. The third kappa shape index (κ3) is 3.29. The molecule has 2 nitrogen and oxygen atoms in total. The van der Waals surface area contributed by atoms with Crippen molar-refractivity contribution in [2.75, 3.05) is 6.61 Å². The van der Waals surface area contributed by atoms with E-state index >= 15 is 0 Å². The van der Waals surface area contributed by atoms with Crippen LogP contribution >= 0.6 is 27.3 Å². The summed E-state index contributed by atoms with van der Waals surface area (Å²) in [6.07, 6.45) is 6.05. The normalized spacial score (nSPS) is 19.9. The minimum Gasteiger partial charge on any atom is -0.374 e. The standard InChI is InChI=1S/C12H18BrNOS/c13-10-4-7-16-11(10)8-15-9-12(14)5-2-1-3-6-12/h4,7H,1-3,5-6,8-9,14H2. The first-order valence-corrected chi connectivity index (χ1v) is 7.45. The third-order valence-corrected chi connectivity index (χ3v) is 5.06. The Morgan fingerprint density at radius 1 is 1.38 bits per heavy atom. The van der Waals surface area contributed by atoms with Crippen LogP contribution in [-0.2, 0) is 11.3 Å². The molecule has 0 bridgehead atoms. The van der Waals surface area contributed by atoms with E-state index in [2.05, 4.69) is 27.4 Å². The Labute approximate surface area is 109 Å². The molecule has 0 radical (unpaired) electrons. The van der Waals surface area contributed by atoms with Gasteiger partial charge < -0.3 is 10.5 Å². The molecule has 1 aromatic rings. The average Bonchev–Trinajstić information content (AvgIpc) is 2.65. The number of ether oxygens (including phenoxy) is 1. The molecule has 2 N–H and O–H groups in total. The van der Waals surface area contributed by atoms with Crippen LogP contribution in [0.2, 0.25) is 0 Å². The summed E-state index contributed by atoms with van der Waals surface area (Å²) < 4.78 is 6.90. The van der Waals surface area contributed by atoms with Crippen LogP contribution in [0, 0.1) is 0 Å². The molecule has 1 heterocycles. The zero-order valence-electron chi connectivity index (χ0n) is 9.38. The highest BCUT2D eigenvalue weighted by Gasteiger charge is 2.27. The number of nitrogens with two attached hydrogens (primary N) is 1. The van der Waals surface area contributed by atoms with Crippen molar-refractivity contribution in [3.63, 3.8) is 0 Å². The topological polar surface area (TPSA) is 35.2 Å². The fraction of sp³-hybridized carbons (Fsp3) is 0.667. The molecule has 0 unspecified atom stereocenters. The first-order chi connectivity index (χ1) is 7.70. The van der Waals surface area contributed by atoms with E-state index in [0.717, 1.165) is 17.3 Å². The highest BCUT2D eigenvalue weighted by Crippen LogP contribution is 2.27. The zero-order valence-corrected chi connectivity index (χ0v) is 11.8. The molecule has 0 amide bonds. The van der Waals surface area contributed by atoms with Gasteiger partial charge in [-0.2, -0.15) is 0 Å². The fourth-order valence-corrected chi connectivity index (χ4v) is 3.58. The summed E-state index contributed by atoms with van der Waals surface area (Å²) in [6.45, 7) is 1.37. The van der Waals surface area contributed by atoms with Gasteiger partial charge in [0.05, 0.1) is 13.2 Å². The summed E-state index contributed by atoms with van der Waals surface area (Å²) in [5, 5.41) is 2.07. The van der Waals surface area contributed by atoms with Crippen LogP contribution in [-0.4, -0.2) is 12.1 Å². The van der Waals surface area contributed by atoms with Crippen molar-refractivity contribution < 1.29 is 4.74 Å². The number of rotatable bonds is 4. The summed E-state index contributed by atoms with van der Waals surface area (Å²) in [6, 6.07) is 2.06.